The lowest BCUT2D eigenvalue weighted by Crippen LogP contribution is -2.29. The van der Waals surface area contributed by atoms with E-state index in [-0.39, 0.29) is 0 Å². The minimum Gasteiger partial charge on any atom is -0.457 e. The van der Waals surface area contributed by atoms with Gasteiger partial charge in [0.15, 0.2) is 4.67 Å². The molecule has 0 amide bonds. The van der Waals surface area contributed by atoms with E-state index >= 15 is 0 Å². The van der Waals surface area contributed by atoms with E-state index in [2.05, 4.69) is 26.4 Å². The molecule has 1 aliphatic rings. The number of halogens is 1. The molecule has 1 N–H and O–H groups in total. The van der Waals surface area contributed by atoms with Crippen LogP contribution in [0.15, 0.2) is 21.4 Å². The fraction of sp³-hybridized carbons (Fsp3) is 0.500. The smallest absolute Gasteiger partial charge is 0.169 e. The Morgan fingerprint density at radius 2 is 2.58 bits per heavy atom. The van der Waals surface area contributed by atoms with E-state index in [1.165, 1.54) is 12.0 Å². The van der Waals surface area contributed by atoms with E-state index in [1.807, 2.05) is 6.07 Å². The van der Waals surface area contributed by atoms with Crippen LogP contribution in [0.1, 0.15) is 12.0 Å². The largest absolute Gasteiger partial charge is 0.457 e. The first kappa shape index (κ1) is 8.29. The van der Waals surface area contributed by atoms with Gasteiger partial charge in [-0.3, -0.25) is 5.43 Å². The molecular formula is C8H11BrN2O. The lowest BCUT2D eigenvalue weighted by Gasteiger charge is -2.12. The maximum atomic E-state index is 5.14. The number of rotatable bonds is 2. The standard InChI is InChI=1S/C8H11BrN2O/c9-8-4-7(6-12-8)5-11-3-1-2-10-11/h4,6,10H,1-3,5H2. The SMILES string of the molecule is Brc1cc(CN2CCCN2)co1. The highest BCUT2D eigenvalue weighted by molar-refractivity contribution is 9.10. The first-order chi connectivity index (χ1) is 5.84. The van der Waals surface area contributed by atoms with Crippen molar-refractivity contribution >= 4 is 15.9 Å². The molecule has 66 valence electrons. The number of hydrogen-bond donors (Lipinski definition) is 1. The molecule has 1 aromatic heterocycles. The molecule has 1 saturated heterocycles. The van der Waals surface area contributed by atoms with Gasteiger partial charge in [-0.2, -0.15) is 0 Å². The normalized spacial score (nSPS) is 18.8. The van der Waals surface area contributed by atoms with E-state index in [4.69, 9.17) is 4.42 Å². The Balaban J connectivity index is 1.94. The molecule has 4 heteroatoms. The minimum atomic E-state index is 0.802. The summed E-state index contributed by atoms with van der Waals surface area (Å²) in [5.74, 6) is 0. The van der Waals surface area contributed by atoms with Gasteiger partial charge in [-0.05, 0) is 28.4 Å². The van der Waals surface area contributed by atoms with E-state index in [1.54, 1.807) is 6.26 Å². The van der Waals surface area contributed by atoms with Gasteiger partial charge in [0.05, 0.1) is 6.26 Å². The Hall–Kier alpha value is -0.320. The molecule has 2 rings (SSSR count). The second kappa shape index (κ2) is 3.60. The third kappa shape index (κ3) is 1.88. The van der Waals surface area contributed by atoms with Gasteiger partial charge in [0.25, 0.3) is 0 Å². The summed E-state index contributed by atoms with van der Waals surface area (Å²) in [6.45, 7) is 3.15. The highest BCUT2D eigenvalue weighted by Gasteiger charge is 2.11. The molecule has 0 saturated carbocycles. The van der Waals surface area contributed by atoms with Gasteiger partial charge in [-0.1, -0.05) is 0 Å². The van der Waals surface area contributed by atoms with Crippen LogP contribution >= 0.6 is 15.9 Å². The van der Waals surface area contributed by atoms with Crippen molar-refractivity contribution in [2.24, 2.45) is 0 Å². The molecule has 2 heterocycles. The third-order valence-electron chi connectivity index (χ3n) is 1.94. The van der Waals surface area contributed by atoms with E-state index in [0.29, 0.717) is 0 Å². The zero-order chi connectivity index (χ0) is 8.39. The summed E-state index contributed by atoms with van der Waals surface area (Å²) in [4.78, 5) is 0. The van der Waals surface area contributed by atoms with Crippen LogP contribution in [0.25, 0.3) is 0 Å². The summed E-state index contributed by atoms with van der Waals surface area (Å²) >= 11 is 3.28. The van der Waals surface area contributed by atoms with Crippen LogP contribution in [-0.2, 0) is 6.54 Å². The van der Waals surface area contributed by atoms with Crippen molar-refractivity contribution in [3.05, 3.63) is 22.6 Å². The molecule has 1 fully saturated rings. The fourth-order valence-corrected chi connectivity index (χ4v) is 1.76. The molecule has 1 aromatic rings. The quantitative estimate of drug-likeness (QED) is 0.840. The number of hydrogen-bond acceptors (Lipinski definition) is 3. The van der Waals surface area contributed by atoms with Crippen LogP contribution < -0.4 is 5.43 Å². The zero-order valence-corrected chi connectivity index (χ0v) is 8.30. The molecule has 0 atom stereocenters. The van der Waals surface area contributed by atoms with Gasteiger partial charge in [-0.25, -0.2) is 5.01 Å². The average molecular weight is 231 g/mol. The molecule has 0 spiro atoms. The Kier molecular flexibility index (Phi) is 2.48. The van der Waals surface area contributed by atoms with Crippen molar-refractivity contribution < 1.29 is 4.42 Å². The van der Waals surface area contributed by atoms with Crippen LogP contribution in [0.4, 0.5) is 0 Å². The molecule has 0 bridgehead atoms. The summed E-state index contributed by atoms with van der Waals surface area (Å²) in [6, 6.07) is 2.00. The van der Waals surface area contributed by atoms with Crippen molar-refractivity contribution in [3.8, 4) is 0 Å². The predicted molar refractivity (Wildman–Crippen MR) is 49.4 cm³/mol. The van der Waals surface area contributed by atoms with Crippen molar-refractivity contribution in [3.63, 3.8) is 0 Å². The molecule has 12 heavy (non-hydrogen) atoms. The van der Waals surface area contributed by atoms with Crippen LogP contribution in [0.2, 0.25) is 0 Å². The van der Waals surface area contributed by atoms with E-state index in [0.717, 1.165) is 24.3 Å². The summed E-state index contributed by atoms with van der Waals surface area (Å²) in [5.41, 5.74) is 4.50. The molecule has 0 radical (unpaired) electrons. The minimum absolute atomic E-state index is 0.802. The van der Waals surface area contributed by atoms with Gasteiger partial charge in [0.1, 0.15) is 0 Å². The van der Waals surface area contributed by atoms with Crippen molar-refractivity contribution in [2.75, 3.05) is 13.1 Å². The van der Waals surface area contributed by atoms with Crippen LogP contribution in [0, 0.1) is 0 Å². The van der Waals surface area contributed by atoms with Gasteiger partial charge in [0, 0.05) is 25.2 Å². The number of hydrazine groups is 1. The summed E-state index contributed by atoms with van der Waals surface area (Å²) in [6.07, 6.45) is 3.02. The Labute approximate surface area is 79.8 Å². The molecule has 0 aromatic carbocycles. The first-order valence-electron chi connectivity index (χ1n) is 4.06. The molecular weight excluding hydrogens is 220 g/mol. The van der Waals surface area contributed by atoms with Crippen molar-refractivity contribution in [1.82, 2.24) is 10.4 Å². The predicted octanol–water partition coefficient (Wildman–Crippen LogP) is 1.75. The highest BCUT2D eigenvalue weighted by atomic mass is 79.9. The number of nitrogens with zero attached hydrogens (tertiary/aromatic N) is 1. The monoisotopic (exact) mass is 230 g/mol. The van der Waals surface area contributed by atoms with Crippen molar-refractivity contribution in [2.45, 2.75) is 13.0 Å². The lowest BCUT2D eigenvalue weighted by molar-refractivity contribution is 0.244. The Bertz CT molecular complexity index is 255. The molecule has 3 nitrogen and oxygen atoms in total. The first-order valence-corrected chi connectivity index (χ1v) is 4.85. The lowest BCUT2D eigenvalue weighted by atomic mass is 10.3. The maximum Gasteiger partial charge on any atom is 0.169 e. The zero-order valence-electron chi connectivity index (χ0n) is 6.72. The van der Waals surface area contributed by atoms with Crippen LogP contribution in [-0.4, -0.2) is 18.1 Å². The second-order valence-corrected chi connectivity index (χ2v) is 3.72. The van der Waals surface area contributed by atoms with Gasteiger partial charge in [0.2, 0.25) is 0 Å². The van der Waals surface area contributed by atoms with Crippen LogP contribution in [0.3, 0.4) is 0 Å². The average Bonchev–Trinajstić information content (AvgIpc) is 2.63. The third-order valence-corrected chi connectivity index (χ3v) is 2.35. The highest BCUT2D eigenvalue weighted by Crippen LogP contribution is 2.15. The summed E-state index contributed by atoms with van der Waals surface area (Å²) in [5, 5.41) is 2.21. The van der Waals surface area contributed by atoms with E-state index < -0.39 is 0 Å². The summed E-state index contributed by atoms with van der Waals surface area (Å²) < 4.78 is 5.94. The number of furan rings is 1. The molecule has 0 unspecified atom stereocenters. The topological polar surface area (TPSA) is 28.4 Å². The van der Waals surface area contributed by atoms with Gasteiger partial charge in [-0.15, -0.1) is 0 Å². The van der Waals surface area contributed by atoms with Gasteiger partial charge < -0.3 is 4.42 Å². The Morgan fingerprint density at radius 3 is 3.17 bits per heavy atom. The summed E-state index contributed by atoms with van der Waals surface area (Å²) in [7, 11) is 0. The maximum absolute atomic E-state index is 5.14. The van der Waals surface area contributed by atoms with Gasteiger partial charge >= 0.3 is 0 Å². The van der Waals surface area contributed by atoms with Crippen molar-refractivity contribution in [1.29, 1.82) is 0 Å². The number of nitrogens with one attached hydrogen (secondary N) is 1. The second-order valence-electron chi connectivity index (χ2n) is 2.94. The molecule has 1 aliphatic heterocycles. The van der Waals surface area contributed by atoms with Crippen LogP contribution in [0.5, 0.6) is 0 Å². The molecule has 0 aliphatic carbocycles. The van der Waals surface area contributed by atoms with E-state index in [9.17, 15) is 0 Å². The Morgan fingerprint density at radius 1 is 1.67 bits per heavy atom. The fourth-order valence-electron chi connectivity index (χ4n) is 1.37.